The highest BCUT2D eigenvalue weighted by molar-refractivity contribution is 5.91. The van der Waals surface area contributed by atoms with Crippen LogP contribution in [0.3, 0.4) is 0 Å². The molecule has 3 aromatic rings. The minimum atomic E-state index is -0.306. The molecule has 23 heavy (non-hydrogen) atoms. The van der Waals surface area contributed by atoms with Gasteiger partial charge < -0.3 is 14.5 Å². The summed E-state index contributed by atoms with van der Waals surface area (Å²) < 4.78 is 23.5. The smallest absolute Gasteiger partial charge is 0.287 e. The Morgan fingerprint density at radius 2 is 1.65 bits per heavy atom. The van der Waals surface area contributed by atoms with Crippen molar-refractivity contribution in [3.8, 4) is 11.5 Å². The normalized spacial score (nSPS) is 10.3. The lowest BCUT2D eigenvalue weighted by Gasteiger charge is -2.07. The third-order valence-electron chi connectivity index (χ3n) is 3.17. The predicted octanol–water partition coefficient (Wildman–Crippen LogP) is 4.14. The fourth-order valence-electron chi connectivity index (χ4n) is 1.99. The van der Waals surface area contributed by atoms with Crippen LogP contribution in [0.15, 0.2) is 71.3 Å². The van der Waals surface area contributed by atoms with Crippen molar-refractivity contribution in [2.75, 3.05) is 0 Å². The van der Waals surface area contributed by atoms with Crippen molar-refractivity contribution >= 4 is 5.91 Å². The van der Waals surface area contributed by atoms with E-state index in [2.05, 4.69) is 5.32 Å². The fraction of sp³-hybridized carbons (Fsp3) is 0.0556. The summed E-state index contributed by atoms with van der Waals surface area (Å²) in [6.45, 7) is 0.385. The van der Waals surface area contributed by atoms with Gasteiger partial charge in [-0.05, 0) is 54.1 Å². The molecule has 1 aromatic heterocycles. The molecule has 4 nitrogen and oxygen atoms in total. The lowest BCUT2D eigenvalue weighted by Crippen LogP contribution is -2.22. The summed E-state index contributed by atoms with van der Waals surface area (Å²) in [4.78, 5) is 11.8. The maximum absolute atomic E-state index is 12.8. The van der Waals surface area contributed by atoms with E-state index in [1.165, 1.54) is 18.4 Å². The van der Waals surface area contributed by atoms with Crippen LogP contribution in [0.2, 0.25) is 0 Å². The molecular weight excluding hydrogens is 297 g/mol. The summed E-state index contributed by atoms with van der Waals surface area (Å²) in [5.74, 6) is 0.908. The molecule has 1 N–H and O–H groups in total. The van der Waals surface area contributed by atoms with Gasteiger partial charge in [0, 0.05) is 6.54 Å². The molecule has 0 spiro atoms. The summed E-state index contributed by atoms with van der Waals surface area (Å²) in [6.07, 6.45) is 1.45. The van der Waals surface area contributed by atoms with Crippen molar-refractivity contribution in [1.82, 2.24) is 5.32 Å². The Morgan fingerprint density at radius 1 is 1.00 bits per heavy atom. The molecule has 1 amide bonds. The molecule has 2 aromatic carbocycles. The van der Waals surface area contributed by atoms with Gasteiger partial charge in [0.15, 0.2) is 5.76 Å². The van der Waals surface area contributed by atoms with E-state index in [4.69, 9.17) is 9.15 Å². The van der Waals surface area contributed by atoms with E-state index in [-0.39, 0.29) is 17.5 Å². The maximum atomic E-state index is 12.8. The van der Waals surface area contributed by atoms with E-state index in [0.717, 1.165) is 5.56 Å². The zero-order chi connectivity index (χ0) is 16.1. The van der Waals surface area contributed by atoms with Crippen molar-refractivity contribution in [3.63, 3.8) is 0 Å². The summed E-state index contributed by atoms with van der Waals surface area (Å²) in [5, 5.41) is 2.76. The standard InChI is InChI=1S/C18H14FNO3/c19-14-5-9-16(10-6-14)23-15-7-3-13(4-8-15)12-20-18(21)17-2-1-11-22-17/h1-11H,12H2,(H,20,21). The number of carbonyl (C=O) groups is 1. The van der Waals surface area contributed by atoms with E-state index < -0.39 is 0 Å². The van der Waals surface area contributed by atoms with Crippen LogP contribution in [0, 0.1) is 5.82 Å². The molecule has 5 heteroatoms. The van der Waals surface area contributed by atoms with Crippen LogP contribution in [0.1, 0.15) is 16.1 Å². The summed E-state index contributed by atoms with van der Waals surface area (Å²) >= 11 is 0. The molecule has 0 saturated heterocycles. The van der Waals surface area contributed by atoms with Crippen LogP contribution in [-0.4, -0.2) is 5.91 Å². The second-order valence-electron chi connectivity index (χ2n) is 4.86. The number of ether oxygens (including phenoxy) is 1. The Labute approximate surface area is 132 Å². The second kappa shape index (κ2) is 6.79. The Bertz CT molecular complexity index is 765. The van der Waals surface area contributed by atoms with Crippen LogP contribution in [0.25, 0.3) is 0 Å². The first-order valence-electron chi connectivity index (χ1n) is 7.05. The lowest BCUT2D eigenvalue weighted by atomic mass is 10.2. The predicted molar refractivity (Wildman–Crippen MR) is 82.8 cm³/mol. The minimum Gasteiger partial charge on any atom is -0.459 e. The third kappa shape index (κ3) is 3.97. The molecule has 0 aliphatic rings. The van der Waals surface area contributed by atoms with Gasteiger partial charge in [0.2, 0.25) is 0 Å². The van der Waals surface area contributed by atoms with Gasteiger partial charge in [-0.1, -0.05) is 12.1 Å². The highest BCUT2D eigenvalue weighted by Gasteiger charge is 2.07. The number of benzene rings is 2. The van der Waals surface area contributed by atoms with Crippen LogP contribution in [0.4, 0.5) is 4.39 Å². The first-order chi connectivity index (χ1) is 11.2. The zero-order valence-electron chi connectivity index (χ0n) is 12.2. The molecule has 3 rings (SSSR count). The number of rotatable bonds is 5. The van der Waals surface area contributed by atoms with Crippen LogP contribution >= 0.6 is 0 Å². The molecule has 0 unspecified atom stereocenters. The van der Waals surface area contributed by atoms with Crippen molar-refractivity contribution in [3.05, 3.63) is 84.1 Å². The molecule has 0 bridgehead atoms. The molecule has 0 aliphatic heterocycles. The first-order valence-corrected chi connectivity index (χ1v) is 7.05. The van der Waals surface area contributed by atoms with Crippen molar-refractivity contribution in [1.29, 1.82) is 0 Å². The average Bonchev–Trinajstić information content (AvgIpc) is 3.11. The number of hydrogen-bond donors (Lipinski definition) is 1. The monoisotopic (exact) mass is 311 g/mol. The molecule has 0 radical (unpaired) electrons. The number of hydrogen-bond acceptors (Lipinski definition) is 3. The molecule has 0 saturated carbocycles. The van der Waals surface area contributed by atoms with Crippen LogP contribution in [-0.2, 0) is 6.54 Å². The molecule has 0 fully saturated rings. The van der Waals surface area contributed by atoms with Gasteiger partial charge in [-0.3, -0.25) is 4.79 Å². The molecule has 1 heterocycles. The van der Waals surface area contributed by atoms with E-state index in [1.807, 2.05) is 12.1 Å². The van der Waals surface area contributed by atoms with Crippen molar-refractivity contribution in [2.45, 2.75) is 6.54 Å². The summed E-state index contributed by atoms with van der Waals surface area (Å²) in [6, 6.07) is 16.4. The van der Waals surface area contributed by atoms with Gasteiger partial charge in [0.25, 0.3) is 5.91 Å². The second-order valence-corrected chi connectivity index (χ2v) is 4.86. The highest BCUT2D eigenvalue weighted by atomic mass is 19.1. The van der Waals surface area contributed by atoms with Gasteiger partial charge in [-0.2, -0.15) is 0 Å². The Hall–Kier alpha value is -3.08. The number of nitrogens with one attached hydrogen (secondary N) is 1. The quantitative estimate of drug-likeness (QED) is 0.770. The van der Waals surface area contributed by atoms with Gasteiger partial charge in [-0.25, -0.2) is 4.39 Å². The van der Waals surface area contributed by atoms with Gasteiger partial charge in [0.05, 0.1) is 6.26 Å². The Morgan fingerprint density at radius 3 is 2.26 bits per heavy atom. The Kier molecular flexibility index (Phi) is 4.38. The average molecular weight is 311 g/mol. The zero-order valence-corrected chi connectivity index (χ0v) is 12.2. The summed E-state index contributed by atoms with van der Waals surface area (Å²) in [5.41, 5.74) is 0.927. The van der Waals surface area contributed by atoms with Crippen molar-refractivity contribution < 1.29 is 18.3 Å². The first kappa shape index (κ1) is 14.8. The number of amides is 1. The topological polar surface area (TPSA) is 51.5 Å². The Balaban J connectivity index is 1.56. The van der Waals surface area contributed by atoms with Gasteiger partial charge in [-0.15, -0.1) is 0 Å². The minimum absolute atomic E-state index is 0.262. The van der Waals surface area contributed by atoms with E-state index in [0.29, 0.717) is 18.0 Å². The van der Waals surface area contributed by atoms with Crippen LogP contribution < -0.4 is 10.1 Å². The molecule has 0 aliphatic carbocycles. The van der Waals surface area contributed by atoms with Crippen LogP contribution in [0.5, 0.6) is 11.5 Å². The largest absolute Gasteiger partial charge is 0.459 e. The number of carbonyl (C=O) groups excluding carboxylic acids is 1. The number of furan rings is 1. The lowest BCUT2D eigenvalue weighted by molar-refractivity contribution is 0.0923. The highest BCUT2D eigenvalue weighted by Crippen LogP contribution is 2.21. The van der Waals surface area contributed by atoms with Crippen molar-refractivity contribution in [2.24, 2.45) is 0 Å². The van der Waals surface area contributed by atoms with E-state index in [9.17, 15) is 9.18 Å². The summed E-state index contributed by atoms with van der Waals surface area (Å²) in [7, 11) is 0. The third-order valence-corrected chi connectivity index (χ3v) is 3.17. The molecular formula is C18H14FNO3. The van der Waals surface area contributed by atoms with Gasteiger partial charge in [0.1, 0.15) is 17.3 Å². The van der Waals surface area contributed by atoms with E-state index >= 15 is 0 Å². The SMILES string of the molecule is O=C(NCc1ccc(Oc2ccc(F)cc2)cc1)c1ccco1. The molecule has 0 atom stereocenters. The van der Waals surface area contributed by atoms with Gasteiger partial charge >= 0.3 is 0 Å². The van der Waals surface area contributed by atoms with E-state index in [1.54, 1.807) is 36.4 Å². The fourth-order valence-corrected chi connectivity index (χ4v) is 1.99. The molecule has 116 valence electrons. The number of halogens is 1. The maximum Gasteiger partial charge on any atom is 0.287 e.